The van der Waals surface area contributed by atoms with Crippen LogP contribution in [0.1, 0.15) is 0 Å². The van der Waals surface area contributed by atoms with Gasteiger partial charge in [0.05, 0.1) is 16.4 Å². The molecule has 0 saturated carbocycles. The molecule has 1 aliphatic rings. The average molecular weight is 351 g/mol. The average Bonchev–Trinajstić information content (AvgIpc) is 2.54. The lowest BCUT2D eigenvalue weighted by molar-refractivity contribution is -0.123. The Morgan fingerprint density at radius 1 is 1.22 bits per heavy atom. The van der Waals surface area contributed by atoms with Gasteiger partial charge in [-0.1, -0.05) is 35.3 Å². The van der Waals surface area contributed by atoms with Gasteiger partial charge in [-0.2, -0.15) is 0 Å². The number of benzene rings is 2. The Labute approximate surface area is 142 Å². The molecule has 0 spiro atoms. The summed E-state index contributed by atoms with van der Waals surface area (Å²) < 4.78 is 5.34. The first-order valence-electron chi connectivity index (χ1n) is 6.81. The summed E-state index contributed by atoms with van der Waals surface area (Å²) in [4.78, 5) is 25.7. The number of nitrogens with one attached hydrogen (secondary N) is 1. The number of carbonyl (C=O) groups excluding carboxylic acids is 2. The number of anilines is 2. The summed E-state index contributed by atoms with van der Waals surface area (Å²) in [6.07, 6.45) is 0. The van der Waals surface area contributed by atoms with Gasteiger partial charge in [-0.3, -0.25) is 14.5 Å². The molecule has 0 atom stereocenters. The summed E-state index contributed by atoms with van der Waals surface area (Å²) in [6.45, 7) is -0.232. The van der Waals surface area contributed by atoms with Crippen molar-refractivity contribution in [1.82, 2.24) is 0 Å². The molecule has 118 valence electrons. The molecule has 0 bridgehead atoms. The van der Waals surface area contributed by atoms with Gasteiger partial charge < -0.3 is 10.1 Å². The minimum Gasteiger partial charge on any atom is -0.482 e. The molecule has 0 aromatic heterocycles. The van der Waals surface area contributed by atoms with E-state index in [1.54, 1.807) is 42.5 Å². The smallest absolute Gasteiger partial charge is 0.265 e. The topological polar surface area (TPSA) is 58.6 Å². The molecule has 7 heteroatoms. The van der Waals surface area contributed by atoms with E-state index >= 15 is 0 Å². The minimum absolute atomic E-state index is 0.0950. The van der Waals surface area contributed by atoms with Crippen molar-refractivity contribution in [2.24, 2.45) is 0 Å². The van der Waals surface area contributed by atoms with E-state index in [0.717, 1.165) is 0 Å². The lowest BCUT2D eigenvalue weighted by Crippen LogP contribution is -2.43. The van der Waals surface area contributed by atoms with E-state index in [1.807, 2.05) is 0 Å². The highest BCUT2D eigenvalue weighted by atomic mass is 35.5. The molecule has 2 aromatic rings. The molecule has 0 radical (unpaired) electrons. The molecule has 2 aromatic carbocycles. The summed E-state index contributed by atoms with van der Waals surface area (Å²) in [5, 5.41) is 3.49. The minimum atomic E-state index is -0.376. The van der Waals surface area contributed by atoms with E-state index in [4.69, 9.17) is 27.9 Å². The Hall–Kier alpha value is -2.24. The van der Waals surface area contributed by atoms with Gasteiger partial charge in [0.2, 0.25) is 5.91 Å². The van der Waals surface area contributed by atoms with Gasteiger partial charge in [-0.25, -0.2) is 0 Å². The Balaban J connectivity index is 1.78. The number of ether oxygens (including phenoxy) is 1. The molecule has 0 aliphatic carbocycles. The molecule has 1 aliphatic heterocycles. The van der Waals surface area contributed by atoms with E-state index in [1.165, 1.54) is 4.90 Å². The van der Waals surface area contributed by atoms with Crippen molar-refractivity contribution in [1.29, 1.82) is 0 Å². The molecule has 23 heavy (non-hydrogen) atoms. The first-order chi connectivity index (χ1) is 11.0. The Bertz CT molecular complexity index is 780. The molecule has 0 fully saturated rings. The van der Waals surface area contributed by atoms with E-state index in [9.17, 15) is 9.59 Å². The van der Waals surface area contributed by atoms with Crippen LogP contribution < -0.4 is 15.0 Å². The standard InChI is InChI=1S/C16H12Cl2N2O3/c17-10-5-6-11(18)12(7-10)19-15(21)8-20-13-3-1-2-4-14(13)23-9-16(20)22/h1-7H,8-9H2,(H,19,21). The van der Waals surface area contributed by atoms with Gasteiger partial charge in [0.25, 0.3) is 5.91 Å². The number of rotatable bonds is 3. The van der Waals surface area contributed by atoms with E-state index in [2.05, 4.69) is 5.32 Å². The summed E-state index contributed by atoms with van der Waals surface area (Å²) in [5.41, 5.74) is 0.967. The third-order valence-electron chi connectivity index (χ3n) is 3.31. The Morgan fingerprint density at radius 2 is 2.00 bits per heavy atom. The zero-order valence-electron chi connectivity index (χ0n) is 11.9. The van der Waals surface area contributed by atoms with Crippen LogP contribution in [0.3, 0.4) is 0 Å². The molecule has 1 heterocycles. The quantitative estimate of drug-likeness (QED) is 0.923. The number of hydrogen-bond donors (Lipinski definition) is 1. The second kappa shape index (κ2) is 6.48. The van der Waals surface area contributed by atoms with Gasteiger partial charge in [-0.15, -0.1) is 0 Å². The van der Waals surface area contributed by atoms with Gasteiger partial charge in [-0.05, 0) is 30.3 Å². The highest BCUT2D eigenvalue weighted by Gasteiger charge is 2.27. The normalized spacial score (nSPS) is 13.3. The third-order valence-corrected chi connectivity index (χ3v) is 3.88. The number of carbonyl (C=O) groups is 2. The van der Waals surface area contributed by atoms with Crippen molar-refractivity contribution in [3.8, 4) is 5.75 Å². The fourth-order valence-electron chi connectivity index (χ4n) is 2.25. The summed E-state index contributed by atoms with van der Waals surface area (Å²) in [5.74, 6) is -0.0871. The first kappa shape index (κ1) is 15.6. The summed E-state index contributed by atoms with van der Waals surface area (Å²) in [7, 11) is 0. The van der Waals surface area contributed by atoms with Crippen LogP contribution in [0.4, 0.5) is 11.4 Å². The highest BCUT2D eigenvalue weighted by molar-refractivity contribution is 6.35. The highest BCUT2D eigenvalue weighted by Crippen LogP contribution is 2.31. The van der Waals surface area contributed by atoms with Crippen LogP contribution in [0.5, 0.6) is 5.75 Å². The van der Waals surface area contributed by atoms with Crippen LogP contribution in [0.25, 0.3) is 0 Å². The number of halogens is 2. The molecule has 5 nitrogen and oxygen atoms in total. The van der Waals surface area contributed by atoms with Gasteiger partial charge in [0.1, 0.15) is 12.3 Å². The fraction of sp³-hybridized carbons (Fsp3) is 0.125. The first-order valence-corrected chi connectivity index (χ1v) is 7.57. The summed E-state index contributed by atoms with van der Waals surface area (Å²) in [6, 6.07) is 11.8. The largest absolute Gasteiger partial charge is 0.482 e. The zero-order valence-corrected chi connectivity index (χ0v) is 13.4. The maximum Gasteiger partial charge on any atom is 0.265 e. The molecular formula is C16H12Cl2N2O3. The van der Waals surface area contributed by atoms with E-state index in [-0.39, 0.29) is 25.0 Å². The maximum absolute atomic E-state index is 12.3. The maximum atomic E-state index is 12.3. The van der Waals surface area contributed by atoms with Gasteiger partial charge in [0, 0.05) is 5.02 Å². The van der Waals surface area contributed by atoms with Crippen LogP contribution in [-0.4, -0.2) is 25.0 Å². The number of nitrogens with zero attached hydrogens (tertiary/aromatic N) is 1. The van der Waals surface area contributed by atoms with Crippen molar-refractivity contribution in [3.05, 3.63) is 52.5 Å². The Morgan fingerprint density at radius 3 is 2.83 bits per heavy atom. The lowest BCUT2D eigenvalue weighted by Gasteiger charge is -2.28. The van der Waals surface area contributed by atoms with Crippen LogP contribution in [0.2, 0.25) is 10.0 Å². The zero-order chi connectivity index (χ0) is 16.4. The second-order valence-corrected chi connectivity index (χ2v) is 5.75. The second-order valence-electron chi connectivity index (χ2n) is 4.91. The number of hydrogen-bond acceptors (Lipinski definition) is 3. The van der Waals surface area contributed by atoms with Crippen molar-refractivity contribution in [2.45, 2.75) is 0 Å². The monoisotopic (exact) mass is 350 g/mol. The van der Waals surface area contributed by atoms with E-state index < -0.39 is 0 Å². The molecule has 3 rings (SSSR count). The number of amides is 2. The van der Waals surface area contributed by atoms with Crippen LogP contribution in [-0.2, 0) is 9.59 Å². The fourth-order valence-corrected chi connectivity index (χ4v) is 2.59. The third kappa shape index (κ3) is 3.41. The number of para-hydroxylation sites is 2. The summed E-state index contributed by atoms with van der Waals surface area (Å²) >= 11 is 11.9. The van der Waals surface area contributed by atoms with Gasteiger partial charge >= 0.3 is 0 Å². The van der Waals surface area contributed by atoms with Crippen LogP contribution in [0, 0.1) is 0 Å². The predicted molar refractivity (Wildman–Crippen MR) is 89.4 cm³/mol. The lowest BCUT2D eigenvalue weighted by atomic mass is 10.2. The van der Waals surface area contributed by atoms with Gasteiger partial charge in [0.15, 0.2) is 6.61 Å². The number of fused-ring (bicyclic) bond motifs is 1. The van der Waals surface area contributed by atoms with Crippen molar-refractivity contribution in [2.75, 3.05) is 23.4 Å². The van der Waals surface area contributed by atoms with Crippen LogP contribution >= 0.6 is 23.2 Å². The molecule has 0 saturated heterocycles. The van der Waals surface area contributed by atoms with Crippen molar-refractivity contribution < 1.29 is 14.3 Å². The molecule has 0 unspecified atom stereocenters. The molecular weight excluding hydrogens is 339 g/mol. The Kier molecular flexibility index (Phi) is 4.41. The van der Waals surface area contributed by atoms with Crippen molar-refractivity contribution >= 4 is 46.4 Å². The predicted octanol–water partition coefficient (Wildman–Crippen LogP) is 3.36. The van der Waals surface area contributed by atoms with Crippen LogP contribution in [0.15, 0.2) is 42.5 Å². The van der Waals surface area contributed by atoms with Crippen molar-refractivity contribution in [3.63, 3.8) is 0 Å². The SMILES string of the molecule is O=C(CN1C(=O)COc2ccccc21)Nc1cc(Cl)ccc1Cl. The van der Waals surface area contributed by atoms with E-state index in [0.29, 0.717) is 27.2 Å². The molecule has 2 amide bonds. The molecule has 1 N–H and O–H groups in total.